The molecular formula is C11H14INO2. The predicted octanol–water partition coefficient (Wildman–Crippen LogP) is 2.95. The summed E-state index contributed by atoms with van der Waals surface area (Å²) in [7, 11) is 0. The van der Waals surface area contributed by atoms with E-state index in [4.69, 9.17) is 4.74 Å². The summed E-state index contributed by atoms with van der Waals surface area (Å²) in [5.41, 5.74) is 0.770. The van der Waals surface area contributed by atoms with Crippen LogP contribution in [0.1, 0.15) is 36.8 Å². The molecule has 0 saturated carbocycles. The van der Waals surface area contributed by atoms with Gasteiger partial charge >= 0.3 is 5.97 Å². The first-order valence-electron chi connectivity index (χ1n) is 4.65. The summed E-state index contributed by atoms with van der Waals surface area (Å²) in [6.45, 7) is 7.35. The van der Waals surface area contributed by atoms with Gasteiger partial charge in [-0.2, -0.15) is 0 Å². The highest BCUT2D eigenvalue weighted by Crippen LogP contribution is 2.15. The van der Waals surface area contributed by atoms with E-state index < -0.39 is 5.60 Å². The summed E-state index contributed by atoms with van der Waals surface area (Å²) in [4.78, 5) is 15.9. The maximum Gasteiger partial charge on any atom is 0.340 e. The quantitative estimate of drug-likeness (QED) is 0.590. The molecule has 1 rings (SSSR count). The molecule has 0 aliphatic rings. The van der Waals surface area contributed by atoms with Crippen LogP contribution in [0.15, 0.2) is 12.3 Å². The van der Waals surface area contributed by atoms with Crippen molar-refractivity contribution in [3.8, 4) is 0 Å². The van der Waals surface area contributed by atoms with Gasteiger partial charge in [-0.25, -0.2) is 4.79 Å². The summed E-state index contributed by atoms with van der Waals surface area (Å²) < 4.78 is 6.21. The number of nitrogens with zero attached hydrogens (tertiary/aromatic N) is 1. The number of aromatic nitrogens is 1. The molecule has 15 heavy (non-hydrogen) atoms. The fraction of sp³-hybridized carbons (Fsp3) is 0.455. The maximum atomic E-state index is 11.8. The van der Waals surface area contributed by atoms with Gasteiger partial charge in [-0.1, -0.05) is 0 Å². The van der Waals surface area contributed by atoms with Crippen LogP contribution >= 0.6 is 22.6 Å². The Hall–Kier alpha value is -0.650. The van der Waals surface area contributed by atoms with Crippen molar-refractivity contribution >= 4 is 28.6 Å². The van der Waals surface area contributed by atoms with Crippen molar-refractivity contribution in [1.82, 2.24) is 4.98 Å². The summed E-state index contributed by atoms with van der Waals surface area (Å²) in [5, 5.41) is 0. The van der Waals surface area contributed by atoms with E-state index in [1.54, 1.807) is 19.2 Å². The van der Waals surface area contributed by atoms with Crippen LogP contribution in [0.4, 0.5) is 0 Å². The highest BCUT2D eigenvalue weighted by atomic mass is 127. The molecule has 0 aliphatic heterocycles. The summed E-state index contributed by atoms with van der Waals surface area (Å²) in [6.07, 6.45) is 1.73. The molecule has 0 fully saturated rings. The molecule has 1 aromatic rings. The monoisotopic (exact) mass is 319 g/mol. The topological polar surface area (TPSA) is 39.2 Å². The second kappa shape index (κ2) is 4.47. The summed E-state index contributed by atoms with van der Waals surface area (Å²) >= 11 is 2.12. The Balaban J connectivity index is 2.96. The first-order chi connectivity index (χ1) is 6.79. The fourth-order valence-electron chi connectivity index (χ4n) is 1.05. The Morgan fingerprint density at radius 1 is 1.47 bits per heavy atom. The molecule has 4 heteroatoms. The molecule has 0 bridgehead atoms. The second-order valence-electron chi connectivity index (χ2n) is 4.29. The lowest BCUT2D eigenvalue weighted by molar-refractivity contribution is 0.00681. The average Bonchev–Trinajstić information content (AvgIpc) is 2.06. The van der Waals surface area contributed by atoms with Crippen LogP contribution < -0.4 is 0 Å². The molecular weight excluding hydrogens is 305 g/mol. The number of carbonyl (C=O) groups is 1. The SMILES string of the molecule is Cc1ncc(I)cc1C(=O)OC(C)(C)C. The van der Waals surface area contributed by atoms with Gasteiger partial charge in [0.2, 0.25) is 0 Å². The Morgan fingerprint density at radius 3 is 2.60 bits per heavy atom. The van der Waals surface area contributed by atoms with Crippen LogP contribution in [0, 0.1) is 10.5 Å². The van der Waals surface area contributed by atoms with Gasteiger partial charge in [0.25, 0.3) is 0 Å². The lowest BCUT2D eigenvalue weighted by Gasteiger charge is -2.19. The van der Waals surface area contributed by atoms with Gasteiger partial charge in [0.05, 0.1) is 11.3 Å². The largest absolute Gasteiger partial charge is 0.456 e. The molecule has 0 radical (unpaired) electrons. The van der Waals surface area contributed by atoms with Crippen LogP contribution in [-0.4, -0.2) is 16.6 Å². The summed E-state index contributed by atoms with van der Waals surface area (Å²) in [6, 6.07) is 1.79. The van der Waals surface area contributed by atoms with E-state index >= 15 is 0 Å². The summed E-state index contributed by atoms with van der Waals surface area (Å²) in [5.74, 6) is -0.314. The standard InChI is InChI=1S/C11H14INO2/c1-7-9(5-8(12)6-13-7)10(14)15-11(2,3)4/h5-6H,1-4H3. The number of halogens is 1. The predicted molar refractivity (Wildman–Crippen MR) is 66.9 cm³/mol. The Kier molecular flexibility index (Phi) is 3.70. The lowest BCUT2D eigenvalue weighted by atomic mass is 10.1. The van der Waals surface area contributed by atoms with Crippen LogP contribution in [0.25, 0.3) is 0 Å². The van der Waals surface area contributed by atoms with Gasteiger partial charge in [-0.05, 0) is 56.4 Å². The molecule has 1 heterocycles. The van der Waals surface area contributed by atoms with Crippen molar-refractivity contribution in [3.63, 3.8) is 0 Å². The Morgan fingerprint density at radius 2 is 2.07 bits per heavy atom. The highest BCUT2D eigenvalue weighted by Gasteiger charge is 2.19. The van der Waals surface area contributed by atoms with Crippen LogP contribution in [0.3, 0.4) is 0 Å². The maximum absolute atomic E-state index is 11.8. The minimum Gasteiger partial charge on any atom is -0.456 e. The van der Waals surface area contributed by atoms with Gasteiger partial charge < -0.3 is 4.74 Å². The Labute approximate surface area is 103 Å². The van der Waals surface area contributed by atoms with E-state index in [1.807, 2.05) is 20.8 Å². The third-order valence-electron chi connectivity index (χ3n) is 1.67. The van der Waals surface area contributed by atoms with Gasteiger partial charge in [-0.3, -0.25) is 4.98 Å². The number of rotatable bonds is 1. The van der Waals surface area contributed by atoms with Crippen molar-refractivity contribution in [2.75, 3.05) is 0 Å². The molecule has 0 spiro atoms. The molecule has 82 valence electrons. The number of aryl methyl sites for hydroxylation is 1. The molecule has 0 aromatic carbocycles. The molecule has 0 unspecified atom stereocenters. The number of carbonyl (C=O) groups excluding carboxylic acids is 1. The second-order valence-corrected chi connectivity index (χ2v) is 5.53. The first-order valence-corrected chi connectivity index (χ1v) is 5.73. The molecule has 1 aromatic heterocycles. The molecule has 0 atom stereocenters. The molecule has 0 N–H and O–H groups in total. The van der Waals surface area contributed by atoms with E-state index in [2.05, 4.69) is 27.6 Å². The zero-order chi connectivity index (χ0) is 11.6. The van der Waals surface area contributed by atoms with E-state index in [1.165, 1.54) is 0 Å². The minimum atomic E-state index is -0.467. The average molecular weight is 319 g/mol. The van der Waals surface area contributed by atoms with Crippen molar-refractivity contribution in [3.05, 3.63) is 27.1 Å². The fourth-order valence-corrected chi connectivity index (χ4v) is 1.50. The van der Waals surface area contributed by atoms with Crippen molar-refractivity contribution in [2.24, 2.45) is 0 Å². The van der Waals surface area contributed by atoms with Crippen LogP contribution in [0.5, 0.6) is 0 Å². The van der Waals surface area contributed by atoms with Gasteiger partial charge in [-0.15, -0.1) is 0 Å². The molecule has 3 nitrogen and oxygen atoms in total. The van der Waals surface area contributed by atoms with Gasteiger partial charge in [0, 0.05) is 9.77 Å². The van der Waals surface area contributed by atoms with Crippen molar-refractivity contribution < 1.29 is 9.53 Å². The third kappa shape index (κ3) is 3.77. The minimum absolute atomic E-state index is 0.314. The number of pyridine rings is 1. The Bertz CT molecular complexity index is 383. The molecule has 0 aliphatic carbocycles. The number of ether oxygens (including phenoxy) is 1. The first kappa shape index (κ1) is 12.4. The lowest BCUT2D eigenvalue weighted by Crippen LogP contribution is -2.24. The third-order valence-corrected chi connectivity index (χ3v) is 2.26. The van der Waals surface area contributed by atoms with E-state index in [0.29, 0.717) is 11.3 Å². The number of esters is 1. The zero-order valence-corrected chi connectivity index (χ0v) is 11.5. The zero-order valence-electron chi connectivity index (χ0n) is 9.30. The van der Waals surface area contributed by atoms with Crippen molar-refractivity contribution in [2.45, 2.75) is 33.3 Å². The van der Waals surface area contributed by atoms with Gasteiger partial charge in [0.1, 0.15) is 5.60 Å². The normalized spacial score (nSPS) is 11.3. The molecule has 0 saturated heterocycles. The van der Waals surface area contributed by atoms with Gasteiger partial charge in [0.15, 0.2) is 0 Å². The van der Waals surface area contributed by atoms with E-state index in [0.717, 1.165) is 3.57 Å². The van der Waals surface area contributed by atoms with E-state index in [9.17, 15) is 4.79 Å². The van der Waals surface area contributed by atoms with E-state index in [-0.39, 0.29) is 5.97 Å². The van der Waals surface area contributed by atoms with Crippen LogP contribution in [0.2, 0.25) is 0 Å². The molecule has 0 amide bonds. The highest BCUT2D eigenvalue weighted by molar-refractivity contribution is 14.1. The number of hydrogen-bond donors (Lipinski definition) is 0. The van der Waals surface area contributed by atoms with Crippen molar-refractivity contribution in [1.29, 1.82) is 0 Å². The smallest absolute Gasteiger partial charge is 0.340 e. The number of hydrogen-bond acceptors (Lipinski definition) is 3. The van der Waals surface area contributed by atoms with Crippen LogP contribution in [-0.2, 0) is 4.74 Å².